The van der Waals surface area contributed by atoms with E-state index in [0.29, 0.717) is 19.4 Å². The van der Waals surface area contributed by atoms with Crippen molar-refractivity contribution in [1.82, 2.24) is 0 Å². The lowest BCUT2D eigenvalue weighted by Crippen LogP contribution is -2.05. The van der Waals surface area contributed by atoms with E-state index in [1.807, 2.05) is 0 Å². The van der Waals surface area contributed by atoms with E-state index in [-0.39, 0.29) is 18.0 Å². The van der Waals surface area contributed by atoms with E-state index in [4.69, 9.17) is 4.74 Å². The van der Waals surface area contributed by atoms with Crippen molar-refractivity contribution in [3.8, 4) is 0 Å². The molecule has 0 aromatic heterocycles. The average molecular weight is 158 g/mol. The van der Waals surface area contributed by atoms with Gasteiger partial charge in [-0.05, 0) is 13.3 Å². The van der Waals surface area contributed by atoms with Gasteiger partial charge in [0.1, 0.15) is 11.6 Å². The van der Waals surface area contributed by atoms with Gasteiger partial charge in [0.05, 0.1) is 6.42 Å². The summed E-state index contributed by atoms with van der Waals surface area (Å²) in [7, 11) is 1.59. The maximum atomic E-state index is 10.9. The molecule has 0 heterocycles. The first-order chi connectivity index (χ1) is 5.16. The predicted molar refractivity (Wildman–Crippen MR) is 41.4 cm³/mol. The van der Waals surface area contributed by atoms with Crippen LogP contribution in [0.25, 0.3) is 0 Å². The number of carbonyl (C=O) groups is 2. The maximum Gasteiger partial charge on any atom is 0.140 e. The third-order valence-corrected chi connectivity index (χ3v) is 1.25. The Morgan fingerprint density at radius 2 is 2.00 bits per heavy atom. The van der Waals surface area contributed by atoms with Gasteiger partial charge in [-0.1, -0.05) is 0 Å². The van der Waals surface area contributed by atoms with Crippen LogP contribution in [0.15, 0.2) is 0 Å². The normalized spacial score (nSPS) is 9.64. The molecular weight excluding hydrogens is 144 g/mol. The lowest BCUT2D eigenvalue weighted by Gasteiger charge is -1.96. The van der Waals surface area contributed by atoms with Gasteiger partial charge < -0.3 is 4.74 Å². The van der Waals surface area contributed by atoms with E-state index >= 15 is 0 Å². The van der Waals surface area contributed by atoms with Crippen LogP contribution in [0, 0.1) is 0 Å². The van der Waals surface area contributed by atoms with Crippen molar-refractivity contribution in [3.63, 3.8) is 0 Å². The van der Waals surface area contributed by atoms with Gasteiger partial charge in [-0.2, -0.15) is 0 Å². The van der Waals surface area contributed by atoms with Gasteiger partial charge in [-0.25, -0.2) is 0 Å². The molecule has 3 nitrogen and oxygen atoms in total. The van der Waals surface area contributed by atoms with Crippen LogP contribution in [0.4, 0.5) is 0 Å². The van der Waals surface area contributed by atoms with Crippen LogP contribution in [0.5, 0.6) is 0 Å². The van der Waals surface area contributed by atoms with Gasteiger partial charge >= 0.3 is 0 Å². The first-order valence-electron chi connectivity index (χ1n) is 3.67. The van der Waals surface area contributed by atoms with Crippen molar-refractivity contribution in [2.24, 2.45) is 0 Å². The van der Waals surface area contributed by atoms with Crippen LogP contribution in [-0.4, -0.2) is 25.3 Å². The Bertz CT molecular complexity index is 140. The van der Waals surface area contributed by atoms with E-state index in [1.54, 1.807) is 7.11 Å². The summed E-state index contributed by atoms with van der Waals surface area (Å²) in [5, 5.41) is 0. The molecular formula is C8H14O3. The summed E-state index contributed by atoms with van der Waals surface area (Å²) in [4.78, 5) is 21.3. The third-order valence-electron chi connectivity index (χ3n) is 1.25. The van der Waals surface area contributed by atoms with Crippen molar-refractivity contribution in [2.45, 2.75) is 26.2 Å². The van der Waals surface area contributed by atoms with E-state index in [2.05, 4.69) is 0 Å². The molecule has 0 atom stereocenters. The minimum absolute atomic E-state index is 0.00884. The highest BCUT2D eigenvalue weighted by atomic mass is 16.5. The highest BCUT2D eigenvalue weighted by Gasteiger charge is 2.03. The number of ketones is 2. The number of Topliss-reactive ketones (excluding diaryl/α,β-unsaturated/α-hetero) is 2. The van der Waals surface area contributed by atoms with Crippen LogP contribution < -0.4 is 0 Å². The summed E-state index contributed by atoms with van der Waals surface area (Å²) in [6.07, 6.45) is 1.24. The molecule has 0 aromatic rings. The predicted octanol–water partition coefficient (Wildman–Crippen LogP) is 0.961. The van der Waals surface area contributed by atoms with Crippen molar-refractivity contribution >= 4 is 11.6 Å². The number of hydrogen-bond acceptors (Lipinski definition) is 3. The second kappa shape index (κ2) is 6.04. The zero-order chi connectivity index (χ0) is 8.69. The fourth-order valence-corrected chi connectivity index (χ4v) is 0.780. The summed E-state index contributed by atoms with van der Waals surface area (Å²) >= 11 is 0. The van der Waals surface area contributed by atoms with Gasteiger partial charge in [-0.3, -0.25) is 9.59 Å². The molecule has 0 fully saturated rings. The Hall–Kier alpha value is -0.700. The largest absolute Gasteiger partial charge is 0.385 e. The Kier molecular flexibility index (Phi) is 5.65. The SMILES string of the molecule is COCCCC(=O)CC(C)=O. The second-order valence-electron chi connectivity index (χ2n) is 2.51. The van der Waals surface area contributed by atoms with Crippen molar-refractivity contribution in [1.29, 1.82) is 0 Å². The number of methoxy groups -OCH3 is 1. The number of hydrogen-bond donors (Lipinski definition) is 0. The lowest BCUT2D eigenvalue weighted by molar-refractivity contribution is -0.126. The van der Waals surface area contributed by atoms with E-state index < -0.39 is 0 Å². The quantitative estimate of drug-likeness (QED) is 0.427. The molecule has 0 bridgehead atoms. The summed E-state index contributed by atoms with van der Waals surface area (Å²) in [5.41, 5.74) is 0. The van der Waals surface area contributed by atoms with Gasteiger partial charge in [0.15, 0.2) is 0 Å². The second-order valence-corrected chi connectivity index (χ2v) is 2.51. The molecule has 0 unspecified atom stereocenters. The number of rotatable bonds is 6. The molecule has 0 N–H and O–H groups in total. The minimum atomic E-state index is -0.0626. The summed E-state index contributed by atoms with van der Waals surface area (Å²) in [6, 6.07) is 0. The molecule has 11 heavy (non-hydrogen) atoms. The van der Waals surface area contributed by atoms with Crippen molar-refractivity contribution in [3.05, 3.63) is 0 Å². The maximum absolute atomic E-state index is 10.9. The van der Waals surface area contributed by atoms with E-state index in [0.717, 1.165) is 0 Å². The molecule has 64 valence electrons. The van der Waals surface area contributed by atoms with E-state index in [9.17, 15) is 9.59 Å². The number of ether oxygens (including phenoxy) is 1. The zero-order valence-electron chi connectivity index (χ0n) is 7.05. The van der Waals surface area contributed by atoms with Gasteiger partial charge in [0, 0.05) is 20.1 Å². The summed E-state index contributed by atoms with van der Waals surface area (Å²) < 4.78 is 4.76. The zero-order valence-corrected chi connectivity index (χ0v) is 7.05. The molecule has 3 heteroatoms. The fraction of sp³-hybridized carbons (Fsp3) is 0.750. The fourth-order valence-electron chi connectivity index (χ4n) is 0.780. The molecule has 0 saturated carbocycles. The van der Waals surface area contributed by atoms with Crippen LogP contribution in [0.3, 0.4) is 0 Å². The van der Waals surface area contributed by atoms with Crippen LogP contribution in [0.1, 0.15) is 26.2 Å². The van der Waals surface area contributed by atoms with Crippen molar-refractivity contribution < 1.29 is 14.3 Å². The Morgan fingerprint density at radius 1 is 1.36 bits per heavy atom. The van der Waals surface area contributed by atoms with Crippen LogP contribution in [0.2, 0.25) is 0 Å². The minimum Gasteiger partial charge on any atom is -0.385 e. The monoisotopic (exact) mass is 158 g/mol. The first-order valence-corrected chi connectivity index (χ1v) is 3.67. The Morgan fingerprint density at radius 3 is 2.45 bits per heavy atom. The molecule has 0 aliphatic heterocycles. The number of carbonyl (C=O) groups excluding carboxylic acids is 2. The van der Waals surface area contributed by atoms with Crippen LogP contribution in [-0.2, 0) is 14.3 Å². The van der Waals surface area contributed by atoms with Gasteiger partial charge in [0.2, 0.25) is 0 Å². The first kappa shape index (κ1) is 10.3. The summed E-state index contributed by atoms with van der Waals surface area (Å²) in [5.74, 6) is -0.0537. The topological polar surface area (TPSA) is 43.4 Å². The van der Waals surface area contributed by atoms with Crippen molar-refractivity contribution in [2.75, 3.05) is 13.7 Å². The molecule has 0 aliphatic rings. The molecule has 0 aromatic carbocycles. The molecule has 0 amide bonds. The third kappa shape index (κ3) is 7.19. The highest BCUT2D eigenvalue weighted by molar-refractivity contribution is 5.97. The molecule has 0 rings (SSSR count). The van der Waals surface area contributed by atoms with E-state index in [1.165, 1.54) is 6.92 Å². The molecule has 0 spiro atoms. The molecule has 0 aliphatic carbocycles. The lowest BCUT2D eigenvalue weighted by atomic mass is 10.1. The standard InChI is InChI=1S/C8H14O3/c1-7(9)6-8(10)4-3-5-11-2/h3-6H2,1-2H3. The van der Waals surface area contributed by atoms with Crippen LogP contribution >= 0.6 is 0 Å². The smallest absolute Gasteiger partial charge is 0.140 e. The highest BCUT2D eigenvalue weighted by Crippen LogP contribution is 1.95. The summed E-state index contributed by atoms with van der Waals surface area (Å²) in [6.45, 7) is 2.01. The molecule has 0 saturated heterocycles. The Balaban J connectivity index is 3.30. The van der Waals surface area contributed by atoms with Gasteiger partial charge in [0.25, 0.3) is 0 Å². The molecule has 0 radical (unpaired) electrons. The average Bonchev–Trinajstić information content (AvgIpc) is 1.86. The van der Waals surface area contributed by atoms with Gasteiger partial charge in [-0.15, -0.1) is 0 Å². The Labute approximate surface area is 66.7 Å².